The van der Waals surface area contributed by atoms with E-state index in [0.717, 1.165) is 41.3 Å². The van der Waals surface area contributed by atoms with E-state index >= 15 is 0 Å². The van der Waals surface area contributed by atoms with Crippen molar-refractivity contribution in [3.05, 3.63) is 35.3 Å². The zero-order valence-electron chi connectivity index (χ0n) is 13.9. The lowest BCUT2D eigenvalue weighted by Gasteiger charge is -2.30. The number of aromatic amines is 1. The van der Waals surface area contributed by atoms with E-state index in [1.807, 2.05) is 4.90 Å². The van der Waals surface area contributed by atoms with Gasteiger partial charge in [-0.15, -0.1) is 0 Å². The van der Waals surface area contributed by atoms with Crippen LogP contribution in [-0.2, 0) is 17.8 Å². The number of carbonyl (C=O) groups is 1. The molecule has 3 unspecified atom stereocenters. The summed E-state index contributed by atoms with van der Waals surface area (Å²) in [6.07, 6.45) is 6.87. The summed E-state index contributed by atoms with van der Waals surface area (Å²) in [6, 6.07) is 4.88. The van der Waals surface area contributed by atoms with E-state index in [4.69, 9.17) is 0 Å². The number of nitrogens with one attached hydrogen (secondary N) is 1. The monoisotopic (exact) mass is 326 g/mol. The highest BCUT2D eigenvalue weighted by Gasteiger charge is 2.40. The van der Waals surface area contributed by atoms with Gasteiger partial charge in [-0.3, -0.25) is 4.79 Å². The van der Waals surface area contributed by atoms with Crippen molar-refractivity contribution in [1.82, 2.24) is 9.88 Å². The van der Waals surface area contributed by atoms with Crippen LogP contribution in [0.25, 0.3) is 10.9 Å². The van der Waals surface area contributed by atoms with Crippen LogP contribution in [0.1, 0.15) is 43.4 Å². The Morgan fingerprint density at radius 1 is 1.29 bits per heavy atom. The van der Waals surface area contributed by atoms with E-state index in [0.29, 0.717) is 24.8 Å². The van der Waals surface area contributed by atoms with Crippen LogP contribution in [0.15, 0.2) is 18.2 Å². The zero-order chi connectivity index (χ0) is 16.3. The van der Waals surface area contributed by atoms with E-state index in [-0.39, 0.29) is 5.82 Å². The number of nitrogens with zero attached hydrogens (tertiary/aromatic N) is 1. The number of fused-ring (bicyclic) bond motifs is 5. The van der Waals surface area contributed by atoms with Gasteiger partial charge in [0.05, 0.1) is 0 Å². The number of rotatable bonds is 2. The molecule has 0 spiro atoms. The van der Waals surface area contributed by atoms with Gasteiger partial charge in [0.1, 0.15) is 5.82 Å². The number of hydrogen-bond acceptors (Lipinski definition) is 1. The molecule has 2 fully saturated rings. The van der Waals surface area contributed by atoms with Gasteiger partial charge in [0, 0.05) is 48.1 Å². The third kappa shape index (κ3) is 2.27. The van der Waals surface area contributed by atoms with Gasteiger partial charge in [0.25, 0.3) is 0 Å². The summed E-state index contributed by atoms with van der Waals surface area (Å²) in [5.74, 6) is 2.37. The number of benzene rings is 1. The molecule has 1 N–H and O–H groups in total. The maximum Gasteiger partial charge on any atom is 0.223 e. The molecule has 2 aliphatic carbocycles. The Labute approximate surface area is 141 Å². The molecule has 3 atom stereocenters. The minimum absolute atomic E-state index is 0.213. The third-order valence-corrected chi connectivity index (χ3v) is 6.61. The van der Waals surface area contributed by atoms with E-state index < -0.39 is 0 Å². The Hall–Kier alpha value is -1.84. The molecule has 126 valence electrons. The maximum atomic E-state index is 13.6. The zero-order valence-corrected chi connectivity index (χ0v) is 13.9. The lowest BCUT2D eigenvalue weighted by Crippen LogP contribution is -2.37. The second kappa shape index (κ2) is 5.33. The molecule has 1 aromatic carbocycles. The first-order valence-electron chi connectivity index (χ1n) is 9.24. The molecule has 2 heterocycles. The van der Waals surface area contributed by atoms with Gasteiger partial charge in [-0.2, -0.15) is 0 Å². The Bertz CT molecular complexity index is 811. The summed E-state index contributed by atoms with van der Waals surface area (Å²) in [5, 5.41) is 0.933. The minimum Gasteiger partial charge on any atom is -0.358 e. The average Bonchev–Trinajstić information content (AvgIpc) is 3.27. The number of amides is 1. The average molecular weight is 326 g/mol. The standard InChI is InChI=1S/C20H23FN2O/c21-15-3-4-18-16(10-15)17-11-23(6-5-19(17)22-18)20(24)9-14-8-12-1-2-13(14)7-12/h3-4,10,12-14,22H,1-2,5-9,11H2. The molecule has 5 rings (SSSR count). The second-order valence-corrected chi connectivity index (χ2v) is 7.98. The Kier molecular flexibility index (Phi) is 3.22. The van der Waals surface area contributed by atoms with Crippen molar-refractivity contribution in [2.24, 2.45) is 17.8 Å². The van der Waals surface area contributed by atoms with Gasteiger partial charge in [-0.25, -0.2) is 4.39 Å². The SMILES string of the molecule is O=C(CC1CC2CCC1C2)N1CCc2[nH]c3ccc(F)cc3c2C1. The molecular weight excluding hydrogens is 303 g/mol. The second-order valence-electron chi connectivity index (χ2n) is 7.98. The van der Waals surface area contributed by atoms with Gasteiger partial charge in [-0.05, 0) is 55.2 Å². The molecular formula is C20H23FN2O. The lowest BCUT2D eigenvalue weighted by molar-refractivity contribution is -0.133. The Morgan fingerprint density at radius 3 is 3.00 bits per heavy atom. The highest BCUT2D eigenvalue weighted by Crippen LogP contribution is 2.49. The van der Waals surface area contributed by atoms with Crippen molar-refractivity contribution >= 4 is 16.8 Å². The Balaban J connectivity index is 1.35. The summed E-state index contributed by atoms with van der Waals surface area (Å²) in [4.78, 5) is 18.2. The predicted molar refractivity (Wildman–Crippen MR) is 90.9 cm³/mol. The van der Waals surface area contributed by atoms with Gasteiger partial charge >= 0.3 is 0 Å². The van der Waals surface area contributed by atoms with Gasteiger partial charge in [-0.1, -0.05) is 6.42 Å². The molecule has 3 nitrogen and oxygen atoms in total. The number of hydrogen-bond donors (Lipinski definition) is 1. The van der Waals surface area contributed by atoms with Crippen LogP contribution >= 0.6 is 0 Å². The summed E-state index contributed by atoms with van der Waals surface area (Å²) in [6.45, 7) is 1.40. The molecule has 0 saturated heterocycles. The smallest absolute Gasteiger partial charge is 0.223 e. The number of H-pyrrole nitrogens is 1. The fraction of sp³-hybridized carbons (Fsp3) is 0.550. The van der Waals surface area contributed by atoms with Crippen LogP contribution in [0.3, 0.4) is 0 Å². The van der Waals surface area contributed by atoms with Crippen LogP contribution in [-0.4, -0.2) is 22.3 Å². The van der Waals surface area contributed by atoms with Gasteiger partial charge in [0.2, 0.25) is 5.91 Å². The van der Waals surface area contributed by atoms with E-state index in [1.165, 1.54) is 37.4 Å². The van der Waals surface area contributed by atoms with Crippen molar-refractivity contribution in [3.63, 3.8) is 0 Å². The van der Waals surface area contributed by atoms with Gasteiger partial charge in [0.15, 0.2) is 0 Å². The van der Waals surface area contributed by atoms with E-state index in [1.54, 1.807) is 12.1 Å². The molecule has 2 saturated carbocycles. The lowest BCUT2D eigenvalue weighted by atomic mass is 9.86. The molecule has 1 aromatic heterocycles. The largest absolute Gasteiger partial charge is 0.358 e. The summed E-state index contributed by atoms with van der Waals surface area (Å²) < 4.78 is 13.6. The van der Waals surface area contributed by atoms with Gasteiger partial charge < -0.3 is 9.88 Å². The molecule has 24 heavy (non-hydrogen) atoms. The van der Waals surface area contributed by atoms with E-state index in [2.05, 4.69) is 4.98 Å². The van der Waals surface area contributed by atoms with Crippen LogP contribution in [0.2, 0.25) is 0 Å². The first kappa shape index (κ1) is 14.5. The van der Waals surface area contributed by atoms with Crippen LogP contribution in [0.4, 0.5) is 4.39 Å². The number of carbonyl (C=O) groups excluding carboxylic acids is 1. The molecule has 1 amide bonds. The number of halogens is 1. The summed E-state index contributed by atoms with van der Waals surface area (Å²) in [7, 11) is 0. The maximum absolute atomic E-state index is 13.6. The van der Waals surface area contributed by atoms with Crippen LogP contribution in [0, 0.1) is 23.6 Å². The van der Waals surface area contributed by atoms with Crippen LogP contribution < -0.4 is 0 Å². The van der Waals surface area contributed by atoms with Crippen molar-refractivity contribution in [2.75, 3.05) is 6.54 Å². The highest BCUT2D eigenvalue weighted by atomic mass is 19.1. The molecule has 1 aliphatic heterocycles. The fourth-order valence-corrected chi connectivity index (χ4v) is 5.38. The van der Waals surface area contributed by atoms with Crippen molar-refractivity contribution in [3.8, 4) is 0 Å². The first-order valence-corrected chi connectivity index (χ1v) is 9.24. The van der Waals surface area contributed by atoms with Crippen LogP contribution in [0.5, 0.6) is 0 Å². The minimum atomic E-state index is -0.213. The van der Waals surface area contributed by atoms with Crippen molar-refractivity contribution in [2.45, 2.75) is 45.1 Å². The fourth-order valence-electron chi connectivity index (χ4n) is 5.38. The first-order chi connectivity index (χ1) is 11.7. The Morgan fingerprint density at radius 2 is 2.21 bits per heavy atom. The van der Waals surface area contributed by atoms with Crippen molar-refractivity contribution < 1.29 is 9.18 Å². The quantitative estimate of drug-likeness (QED) is 0.889. The topological polar surface area (TPSA) is 36.1 Å². The normalized spacial score (nSPS) is 28.5. The third-order valence-electron chi connectivity index (χ3n) is 6.61. The van der Waals surface area contributed by atoms with Crippen molar-refractivity contribution in [1.29, 1.82) is 0 Å². The molecule has 2 aromatic rings. The van der Waals surface area contributed by atoms with E-state index in [9.17, 15) is 9.18 Å². The molecule has 2 bridgehead atoms. The molecule has 3 aliphatic rings. The highest BCUT2D eigenvalue weighted by molar-refractivity contribution is 5.86. The predicted octanol–water partition coefficient (Wildman–Crippen LogP) is 4.02. The molecule has 0 radical (unpaired) electrons. The summed E-state index contributed by atoms with van der Waals surface area (Å²) in [5.41, 5.74) is 3.25. The molecule has 4 heteroatoms. The number of aromatic nitrogens is 1. The summed E-state index contributed by atoms with van der Waals surface area (Å²) >= 11 is 0.